The van der Waals surface area contributed by atoms with E-state index >= 15 is 0 Å². The molecule has 0 aliphatic carbocycles. The summed E-state index contributed by atoms with van der Waals surface area (Å²) in [7, 11) is 0. The Bertz CT molecular complexity index is 793. The summed E-state index contributed by atoms with van der Waals surface area (Å²) < 4.78 is 54.5. The summed E-state index contributed by atoms with van der Waals surface area (Å²) in [4.78, 5) is 4.34. The van der Waals surface area contributed by atoms with E-state index < -0.39 is 24.3 Å². The van der Waals surface area contributed by atoms with Gasteiger partial charge in [0, 0.05) is 13.1 Å². The van der Waals surface area contributed by atoms with Crippen LogP contribution in [-0.2, 0) is 13.1 Å². The molecule has 0 spiro atoms. The third-order valence-corrected chi connectivity index (χ3v) is 3.56. The maximum absolute atomic E-state index is 13.4. The number of phenols is 1. The molecule has 0 amide bonds. The average molecular weight is 399 g/mol. The van der Waals surface area contributed by atoms with Gasteiger partial charge in [0.05, 0.1) is 6.54 Å². The molecule has 0 unspecified atom stereocenters. The maximum atomic E-state index is 13.4. The lowest BCUT2D eigenvalue weighted by Crippen LogP contribution is -2.36. The minimum atomic E-state index is -4.38. The second kappa shape index (κ2) is 9.82. The summed E-state index contributed by atoms with van der Waals surface area (Å²) >= 11 is 0. The van der Waals surface area contributed by atoms with Crippen LogP contribution in [-0.4, -0.2) is 30.4 Å². The molecule has 5 nitrogen and oxygen atoms in total. The Hall–Kier alpha value is -2.97. The van der Waals surface area contributed by atoms with Crippen molar-refractivity contribution < 1.29 is 27.4 Å². The number of hydrogen-bond acceptors (Lipinski definition) is 3. The number of phenolic OH excluding ortho intramolecular Hbond substituents is 1. The first-order valence-electron chi connectivity index (χ1n) is 8.55. The normalized spacial score (nSPS) is 12.0. The summed E-state index contributed by atoms with van der Waals surface area (Å²) in [6.45, 7) is 1.76. The fourth-order valence-electron chi connectivity index (χ4n) is 2.22. The molecule has 2 rings (SSSR count). The van der Waals surface area contributed by atoms with Gasteiger partial charge in [0.2, 0.25) is 0 Å². The zero-order valence-electron chi connectivity index (χ0n) is 15.2. The van der Waals surface area contributed by atoms with Gasteiger partial charge in [-0.05, 0) is 42.3 Å². The van der Waals surface area contributed by atoms with Crippen LogP contribution in [0.2, 0.25) is 0 Å². The van der Waals surface area contributed by atoms with E-state index in [0.717, 1.165) is 5.56 Å². The highest BCUT2D eigenvalue weighted by atomic mass is 19.4. The van der Waals surface area contributed by atoms with Gasteiger partial charge in [-0.1, -0.05) is 18.2 Å². The van der Waals surface area contributed by atoms with Gasteiger partial charge in [-0.25, -0.2) is 9.38 Å². The first-order chi connectivity index (χ1) is 13.3. The van der Waals surface area contributed by atoms with Crippen molar-refractivity contribution in [1.82, 2.24) is 10.6 Å². The lowest BCUT2D eigenvalue weighted by molar-refractivity contribution is -0.153. The van der Waals surface area contributed by atoms with E-state index in [1.54, 1.807) is 18.2 Å². The second-order valence-electron chi connectivity index (χ2n) is 5.88. The monoisotopic (exact) mass is 399 g/mol. The Balaban J connectivity index is 1.92. The van der Waals surface area contributed by atoms with Crippen molar-refractivity contribution in [2.24, 2.45) is 4.99 Å². The van der Waals surface area contributed by atoms with Crippen molar-refractivity contribution in [2.45, 2.75) is 26.2 Å². The molecule has 0 bridgehead atoms. The van der Waals surface area contributed by atoms with Crippen LogP contribution in [0, 0.1) is 5.82 Å². The van der Waals surface area contributed by atoms with E-state index in [2.05, 4.69) is 20.4 Å². The van der Waals surface area contributed by atoms with Crippen molar-refractivity contribution in [2.75, 3.05) is 13.2 Å². The summed E-state index contributed by atoms with van der Waals surface area (Å²) in [5.74, 6) is -0.497. The molecule has 0 heterocycles. The molecular weight excluding hydrogens is 378 g/mol. The molecule has 0 radical (unpaired) electrons. The molecule has 0 aliphatic heterocycles. The molecule has 0 saturated heterocycles. The zero-order chi connectivity index (χ0) is 20.6. The van der Waals surface area contributed by atoms with Gasteiger partial charge in [-0.3, -0.25) is 0 Å². The van der Waals surface area contributed by atoms with E-state index in [1.165, 1.54) is 24.3 Å². The van der Waals surface area contributed by atoms with Crippen LogP contribution in [0.25, 0.3) is 0 Å². The van der Waals surface area contributed by atoms with E-state index in [0.29, 0.717) is 24.6 Å². The Morgan fingerprint density at radius 2 is 1.75 bits per heavy atom. The number of benzene rings is 2. The average Bonchev–Trinajstić information content (AvgIpc) is 2.65. The highest BCUT2D eigenvalue weighted by Crippen LogP contribution is 2.19. The lowest BCUT2D eigenvalue weighted by Gasteiger charge is -2.12. The minimum absolute atomic E-state index is 0.135. The predicted molar refractivity (Wildman–Crippen MR) is 97.7 cm³/mol. The fraction of sp³-hybridized carbons (Fsp3) is 0.316. The van der Waals surface area contributed by atoms with Crippen molar-refractivity contribution in [3.63, 3.8) is 0 Å². The van der Waals surface area contributed by atoms with Crippen LogP contribution in [0.3, 0.4) is 0 Å². The van der Waals surface area contributed by atoms with Crippen LogP contribution in [0.1, 0.15) is 18.1 Å². The Kier molecular flexibility index (Phi) is 7.48. The van der Waals surface area contributed by atoms with Crippen LogP contribution in [0.4, 0.5) is 17.6 Å². The van der Waals surface area contributed by atoms with Crippen molar-refractivity contribution >= 4 is 5.96 Å². The zero-order valence-corrected chi connectivity index (χ0v) is 15.2. The molecule has 2 aromatic carbocycles. The molecule has 0 fully saturated rings. The summed E-state index contributed by atoms with van der Waals surface area (Å²) in [5, 5.41) is 15.3. The lowest BCUT2D eigenvalue weighted by atomic mass is 10.2. The van der Waals surface area contributed by atoms with Gasteiger partial charge in [0.15, 0.2) is 24.1 Å². The number of nitrogens with zero attached hydrogens (tertiary/aromatic N) is 1. The van der Waals surface area contributed by atoms with Crippen LogP contribution < -0.4 is 15.4 Å². The van der Waals surface area contributed by atoms with Crippen molar-refractivity contribution in [3.05, 3.63) is 59.4 Å². The molecule has 0 aromatic heterocycles. The number of alkyl halides is 3. The number of aromatic hydroxyl groups is 1. The molecule has 3 N–H and O–H groups in total. The van der Waals surface area contributed by atoms with E-state index in [-0.39, 0.29) is 12.3 Å². The first-order valence-corrected chi connectivity index (χ1v) is 8.55. The molecule has 0 saturated carbocycles. The molecule has 0 aliphatic rings. The van der Waals surface area contributed by atoms with Gasteiger partial charge in [-0.2, -0.15) is 13.2 Å². The topological polar surface area (TPSA) is 65.9 Å². The molecule has 152 valence electrons. The summed E-state index contributed by atoms with van der Waals surface area (Å²) in [6.07, 6.45) is -4.38. The highest BCUT2D eigenvalue weighted by Gasteiger charge is 2.28. The molecule has 0 atom stereocenters. The number of halogens is 4. The standard InChI is InChI=1S/C19H21F4N3O2/c1-2-24-18(26-11-14-5-8-17(27)16(20)9-14)25-10-13-3-6-15(7-4-13)28-12-19(21,22)23/h3-9,27H,2,10-12H2,1H3,(H2,24,25,26). The Morgan fingerprint density at radius 1 is 1.07 bits per heavy atom. The van der Waals surface area contributed by atoms with E-state index in [9.17, 15) is 22.7 Å². The predicted octanol–water partition coefficient (Wildman–Crippen LogP) is 3.73. The number of hydrogen-bond donors (Lipinski definition) is 3. The number of aliphatic imine (C=N–C) groups is 1. The number of nitrogens with one attached hydrogen (secondary N) is 2. The molecular formula is C19H21F4N3O2. The van der Waals surface area contributed by atoms with Gasteiger partial charge >= 0.3 is 6.18 Å². The van der Waals surface area contributed by atoms with Crippen molar-refractivity contribution in [1.29, 1.82) is 0 Å². The van der Waals surface area contributed by atoms with E-state index in [1.807, 2.05) is 6.92 Å². The number of rotatable bonds is 7. The van der Waals surface area contributed by atoms with Crippen LogP contribution in [0.5, 0.6) is 11.5 Å². The third-order valence-electron chi connectivity index (χ3n) is 3.56. The second-order valence-corrected chi connectivity index (χ2v) is 5.88. The Morgan fingerprint density at radius 3 is 2.36 bits per heavy atom. The third kappa shape index (κ3) is 7.34. The molecule has 9 heteroatoms. The minimum Gasteiger partial charge on any atom is -0.505 e. The van der Waals surface area contributed by atoms with Crippen LogP contribution in [0.15, 0.2) is 47.5 Å². The smallest absolute Gasteiger partial charge is 0.422 e. The SMILES string of the molecule is CCNC(=NCc1ccc(O)c(F)c1)NCc1ccc(OCC(F)(F)F)cc1. The quantitative estimate of drug-likeness (QED) is 0.377. The first kappa shape index (κ1) is 21.3. The largest absolute Gasteiger partial charge is 0.505 e. The number of ether oxygens (including phenoxy) is 1. The van der Waals surface area contributed by atoms with Gasteiger partial charge in [-0.15, -0.1) is 0 Å². The molecule has 2 aromatic rings. The fourth-order valence-corrected chi connectivity index (χ4v) is 2.22. The van der Waals surface area contributed by atoms with Crippen LogP contribution >= 0.6 is 0 Å². The maximum Gasteiger partial charge on any atom is 0.422 e. The Labute approximate surface area is 160 Å². The summed E-state index contributed by atoms with van der Waals surface area (Å²) in [5.41, 5.74) is 1.42. The summed E-state index contributed by atoms with van der Waals surface area (Å²) in [6, 6.07) is 10.3. The van der Waals surface area contributed by atoms with Crippen molar-refractivity contribution in [3.8, 4) is 11.5 Å². The molecule has 28 heavy (non-hydrogen) atoms. The highest BCUT2D eigenvalue weighted by molar-refractivity contribution is 5.79. The van der Waals surface area contributed by atoms with Gasteiger partial charge in [0.25, 0.3) is 0 Å². The van der Waals surface area contributed by atoms with Gasteiger partial charge < -0.3 is 20.5 Å². The van der Waals surface area contributed by atoms with Gasteiger partial charge in [0.1, 0.15) is 5.75 Å². The van der Waals surface area contributed by atoms with E-state index in [4.69, 9.17) is 0 Å². The number of guanidine groups is 1.